The minimum Gasteiger partial charge on any atom is -0.488 e. The normalized spacial score (nSPS) is 10.7. The first-order valence-electron chi connectivity index (χ1n) is 6.78. The zero-order chi connectivity index (χ0) is 14.7. The lowest BCUT2D eigenvalue weighted by atomic mass is 10.1. The van der Waals surface area contributed by atoms with E-state index in [9.17, 15) is 4.79 Å². The molecule has 0 unspecified atom stereocenters. The third kappa shape index (κ3) is 2.89. The number of amides is 1. The van der Waals surface area contributed by atoms with E-state index in [0.717, 1.165) is 27.8 Å². The second kappa shape index (κ2) is 5.71. The Morgan fingerprint density at radius 3 is 2.67 bits per heavy atom. The zero-order valence-corrected chi connectivity index (χ0v) is 11.5. The summed E-state index contributed by atoms with van der Waals surface area (Å²) in [5.74, 6) is 0.405. The highest BCUT2D eigenvalue weighted by Gasteiger charge is 2.11. The van der Waals surface area contributed by atoms with Gasteiger partial charge < -0.3 is 15.5 Å². The summed E-state index contributed by atoms with van der Waals surface area (Å²) in [5, 5.41) is 0.923. The minimum atomic E-state index is -0.353. The van der Waals surface area contributed by atoms with Gasteiger partial charge in [-0.05, 0) is 23.3 Å². The van der Waals surface area contributed by atoms with Gasteiger partial charge in [0.15, 0.2) is 0 Å². The largest absolute Gasteiger partial charge is 0.488 e. The van der Waals surface area contributed by atoms with Gasteiger partial charge in [-0.25, -0.2) is 0 Å². The number of carbonyl (C=O) groups excluding carboxylic acids is 1. The number of aromatic amines is 1. The van der Waals surface area contributed by atoms with Crippen molar-refractivity contribution in [1.29, 1.82) is 0 Å². The second-order valence-corrected chi connectivity index (χ2v) is 4.91. The van der Waals surface area contributed by atoms with Gasteiger partial charge in [0.25, 0.3) is 0 Å². The SMILES string of the molecule is NC(=O)Cc1c[nH]c2cccc(OCc3ccccc3)c12. The van der Waals surface area contributed by atoms with Gasteiger partial charge in [-0.3, -0.25) is 4.79 Å². The lowest BCUT2D eigenvalue weighted by molar-refractivity contribution is -0.117. The van der Waals surface area contributed by atoms with Crippen molar-refractivity contribution in [3.8, 4) is 5.75 Å². The van der Waals surface area contributed by atoms with Gasteiger partial charge in [0, 0.05) is 17.1 Å². The summed E-state index contributed by atoms with van der Waals surface area (Å²) in [6.45, 7) is 0.487. The minimum absolute atomic E-state index is 0.200. The third-order valence-corrected chi connectivity index (χ3v) is 3.35. The molecule has 4 nitrogen and oxygen atoms in total. The summed E-state index contributed by atoms with van der Waals surface area (Å²) in [6, 6.07) is 15.7. The van der Waals surface area contributed by atoms with E-state index in [1.807, 2.05) is 54.7 Å². The fourth-order valence-electron chi connectivity index (χ4n) is 2.40. The summed E-state index contributed by atoms with van der Waals surface area (Å²) in [7, 11) is 0. The molecule has 3 aromatic rings. The van der Waals surface area contributed by atoms with Crippen LogP contribution in [-0.2, 0) is 17.8 Å². The van der Waals surface area contributed by atoms with Crippen LogP contribution in [0.25, 0.3) is 10.9 Å². The van der Waals surface area contributed by atoms with Crippen molar-refractivity contribution in [3.05, 3.63) is 65.9 Å². The molecule has 0 saturated heterocycles. The summed E-state index contributed by atoms with van der Waals surface area (Å²) >= 11 is 0. The molecule has 21 heavy (non-hydrogen) atoms. The molecule has 4 heteroatoms. The van der Waals surface area contributed by atoms with E-state index in [2.05, 4.69) is 4.98 Å². The molecule has 0 bridgehead atoms. The molecular formula is C17H16N2O2. The smallest absolute Gasteiger partial charge is 0.221 e. The monoisotopic (exact) mass is 280 g/mol. The first kappa shape index (κ1) is 13.2. The van der Waals surface area contributed by atoms with Crippen LogP contribution in [0.5, 0.6) is 5.75 Å². The van der Waals surface area contributed by atoms with Gasteiger partial charge in [0.2, 0.25) is 5.91 Å². The highest BCUT2D eigenvalue weighted by Crippen LogP contribution is 2.29. The van der Waals surface area contributed by atoms with Crippen LogP contribution < -0.4 is 10.5 Å². The molecular weight excluding hydrogens is 264 g/mol. The third-order valence-electron chi connectivity index (χ3n) is 3.35. The Kier molecular flexibility index (Phi) is 3.60. The molecule has 0 aliphatic rings. The van der Waals surface area contributed by atoms with Gasteiger partial charge in [-0.1, -0.05) is 36.4 Å². The van der Waals surface area contributed by atoms with E-state index in [1.165, 1.54) is 0 Å². The van der Waals surface area contributed by atoms with Crippen LogP contribution in [0.3, 0.4) is 0 Å². The maximum Gasteiger partial charge on any atom is 0.221 e. The number of ether oxygens (including phenoxy) is 1. The summed E-state index contributed by atoms with van der Waals surface area (Å²) in [4.78, 5) is 14.3. The molecule has 1 aromatic heterocycles. The molecule has 0 aliphatic carbocycles. The Morgan fingerprint density at radius 2 is 1.90 bits per heavy atom. The molecule has 0 spiro atoms. The van der Waals surface area contributed by atoms with Crippen LogP contribution in [0.1, 0.15) is 11.1 Å². The van der Waals surface area contributed by atoms with Crippen LogP contribution in [0.4, 0.5) is 0 Å². The van der Waals surface area contributed by atoms with Crippen LogP contribution in [0.2, 0.25) is 0 Å². The highest BCUT2D eigenvalue weighted by atomic mass is 16.5. The lowest BCUT2D eigenvalue weighted by Crippen LogP contribution is -2.13. The van der Waals surface area contributed by atoms with Gasteiger partial charge in [0.05, 0.1) is 6.42 Å². The Bertz CT molecular complexity index is 763. The number of hydrogen-bond donors (Lipinski definition) is 2. The maximum absolute atomic E-state index is 11.2. The van der Waals surface area contributed by atoms with Crippen molar-refractivity contribution in [2.45, 2.75) is 13.0 Å². The summed E-state index contributed by atoms with van der Waals surface area (Å²) in [6.07, 6.45) is 2.01. The van der Waals surface area contributed by atoms with Crippen LogP contribution in [0.15, 0.2) is 54.7 Å². The number of fused-ring (bicyclic) bond motifs is 1. The van der Waals surface area contributed by atoms with Crippen molar-refractivity contribution in [2.75, 3.05) is 0 Å². The van der Waals surface area contributed by atoms with Crippen molar-refractivity contribution in [2.24, 2.45) is 5.73 Å². The predicted octanol–water partition coefficient (Wildman–Crippen LogP) is 2.77. The van der Waals surface area contributed by atoms with E-state index >= 15 is 0 Å². The Balaban J connectivity index is 1.90. The number of primary amides is 1. The van der Waals surface area contributed by atoms with E-state index in [0.29, 0.717) is 6.61 Å². The molecule has 1 amide bonds. The first-order valence-corrected chi connectivity index (χ1v) is 6.78. The average molecular weight is 280 g/mol. The number of carbonyl (C=O) groups is 1. The van der Waals surface area contributed by atoms with Crippen LogP contribution >= 0.6 is 0 Å². The van der Waals surface area contributed by atoms with E-state index in [4.69, 9.17) is 10.5 Å². The standard InChI is InChI=1S/C17H16N2O2/c18-16(20)9-13-10-19-14-7-4-8-15(17(13)14)21-11-12-5-2-1-3-6-12/h1-8,10,19H,9,11H2,(H2,18,20). The predicted molar refractivity (Wildman–Crippen MR) is 82.0 cm³/mol. The Hall–Kier alpha value is -2.75. The molecule has 2 aromatic carbocycles. The van der Waals surface area contributed by atoms with Crippen molar-refractivity contribution in [1.82, 2.24) is 4.98 Å². The highest BCUT2D eigenvalue weighted by molar-refractivity contribution is 5.92. The second-order valence-electron chi connectivity index (χ2n) is 4.91. The van der Waals surface area contributed by atoms with E-state index < -0.39 is 0 Å². The van der Waals surface area contributed by atoms with Gasteiger partial charge >= 0.3 is 0 Å². The lowest BCUT2D eigenvalue weighted by Gasteiger charge is -2.09. The summed E-state index contributed by atoms with van der Waals surface area (Å²) < 4.78 is 5.91. The average Bonchev–Trinajstić information content (AvgIpc) is 2.89. The Morgan fingerprint density at radius 1 is 1.10 bits per heavy atom. The van der Waals surface area contributed by atoms with E-state index in [-0.39, 0.29) is 12.3 Å². The van der Waals surface area contributed by atoms with Gasteiger partial charge in [-0.2, -0.15) is 0 Å². The number of rotatable bonds is 5. The fourth-order valence-corrected chi connectivity index (χ4v) is 2.40. The molecule has 0 fully saturated rings. The zero-order valence-electron chi connectivity index (χ0n) is 11.5. The van der Waals surface area contributed by atoms with Crippen LogP contribution in [0, 0.1) is 0 Å². The number of H-pyrrole nitrogens is 1. The van der Waals surface area contributed by atoms with Gasteiger partial charge in [0.1, 0.15) is 12.4 Å². The maximum atomic E-state index is 11.2. The first-order chi connectivity index (χ1) is 10.2. The number of nitrogens with one attached hydrogen (secondary N) is 1. The molecule has 3 N–H and O–H groups in total. The van der Waals surface area contributed by atoms with E-state index in [1.54, 1.807) is 0 Å². The number of nitrogens with two attached hydrogens (primary N) is 1. The molecule has 0 atom stereocenters. The van der Waals surface area contributed by atoms with Crippen LogP contribution in [-0.4, -0.2) is 10.9 Å². The molecule has 1 heterocycles. The number of benzene rings is 2. The topological polar surface area (TPSA) is 68.1 Å². The van der Waals surface area contributed by atoms with Gasteiger partial charge in [-0.15, -0.1) is 0 Å². The molecule has 0 radical (unpaired) electrons. The number of hydrogen-bond acceptors (Lipinski definition) is 2. The molecule has 0 aliphatic heterocycles. The van der Waals surface area contributed by atoms with Crippen molar-refractivity contribution < 1.29 is 9.53 Å². The quantitative estimate of drug-likeness (QED) is 0.754. The molecule has 106 valence electrons. The fraction of sp³-hybridized carbons (Fsp3) is 0.118. The molecule has 0 saturated carbocycles. The van der Waals surface area contributed by atoms with Crippen molar-refractivity contribution >= 4 is 16.8 Å². The Labute approximate surface area is 122 Å². The number of aromatic nitrogens is 1. The van der Waals surface area contributed by atoms with Crippen molar-refractivity contribution in [3.63, 3.8) is 0 Å². The summed E-state index contributed by atoms with van der Waals surface area (Å²) in [5.41, 5.74) is 8.20. The molecule has 3 rings (SSSR count).